The molecule has 12 nitrogen and oxygen atoms in total. The van der Waals surface area contributed by atoms with Gasteiger partial charge in [0, 0.05) is 55.5 Å². The van der Waals surface area contributed by atoms with Crippen LogP contribution in [0.2, 0.25) is 10.0 Å². The lowest BCUT2D eigenvalue weighted by atomic mass is 9.99. The number of piperidine rings is 1. The highest BCUT2D eigenvalue weighted by Gasteiger charge is 2.60. The predicted molar refractivity (Wildman–Crippen MR) is 191 cm³/mol. The second kappa shape index (κ2) is 12.6. The maximum Gasteiger partial charge on any atom is 0.332 e. The molecule has 0 spiro atoms. The van der Waals surface area contributed by atoms with Gasteiger partial charge >= 0.3 is 11.7 Å². The Kier molecular flexibility index (Phi) is 8.31. The van der Waals surface area contributed by atoms with Gasteiger partial charge in [-0.3, -0.25) is 23.6 Å². The molecule has 0 bridgehead atoms. The fourth-order valence-corrected chi connectivity index (χ4v) is 8.59. The van der Waals surface area contributed by atoms with Crippen molar-refractivity contribution in [2.24, 2.45) is 31.8 Å². The summed E-state index contributed by atoms with van der Waals surface area (Å²) in [4.78, 5) is 52.3. The number of methoxy groups -OCH3 is 1. The molecule has 3 aromatic heterocycles. The van der Waals surface area contributed by atoms with Crippen LogP contribution in [0.3, 0.4) is 0 Å². The summed E-state index contributed by atoms with van der Waals surface area (Å²) in [7, 11) is 4.19. The number of hydrogen-bond acceptors (Lipinski definition) is 9. The standard InChI is InChI=1S/C36H31Cl2F2N7O5/c1-45-32-26(34(48)46(2)36(45)51)30(43-31(44-32)29(39)40)41-21-9-5-7-17(28(21)38)16-6-4-8-18(27(16)37)22-12-15-10-11-23(24(15)33(42-22)52-3)47-13-19-20(14-47)25(19)35(49)50/h4-9,12,19-20,23,25,29H,10-11,13-14H2,1-3H3,(H,49,50)(H,41,43,44)/t19-,20+,23-,25?/m0/s1. The van der Waals surface area contributed by atoms with E-state index >= 15 is 0 Å². The number of aliphatic carboxylic acids is 1. The van der Waals surface area contributed by atoms with E-state index in [1.54, 1.807) is 31.4 Å². The molecule has 8 rings (SSSR count). The van der Waals surface area contributed by atoms with Crippen LogP contribution in [0.5, 0.6) is 5.88 Å². The van der Waals surface area contributed by atoms with Gasteiger partial charge in [0.2, 0.25) is 5.88 Å². The number of anilines is 2. The van der Waals surface area contributed by atoms with Crippen molar-refractivity contribution in [3.05, 3.63) is 90.3 Å². The number of pyridine rings is 1. The summed E-state index contributed by atoms with van der Waals surface area (Å²) >= 11 is 14.1. The molecule has 0 amide bonds. The number of benzene rings is 2. The van der Waals surface area contributed by atoms with Crippen molar-refractivity contribution >= 4 is 51.7 Å². The summed E-state index contributed by atoms with van der Waals surface area (Å²) in [5.74, 6) is -1.17. The Morgan fingerprint density at radius 1 is 0.981 bits per heavy atom. The van der Waals surface area contributed by atoms with Crippen LogP contribution < -0.4 is 21.3 Å². The van der Waals surface area contributed by atoms with Crippen LogP contribution in [-0.2, 0) is 25.3 Å². The summed E-state index contributed by atoms with van der Waals surface area (Å²) in [6.07, 6.45) is -1.40. The van der Waals surface area contributed by atoms with E-state index < -0.39 is 29.5 Å². The molecule has 52 heavy (non-hydrogen) atoms. The van der Waals surface area contributed by atoms with E-state index in [0.717, 1.165) is 46.2 Å². The average Bonchev–Trinajstić information content (AvgIpc) is 3.40. The molecule has 5 aromatic rings. The number of aryl methyl sites for hydroxylation is 2. The second-order valence-corrected chi connectivity index (χ2v) is 14.1. The van der Waals surface area contributed by atoms with Gasteiger partial charge in [0.05, 0.1) is 34.5 Å². The molecule has 16 heteroatoms. The average molecular weight is 751 g/mol. The molecule has 2 aliphatic carbocycles. The van der Waals surface area contributed by atoms with Crippen LogP contribution in [0.4, 0.5) is 20.3 Å². The van der Waals surface area contributed by atoms with Crippen LogP contribution in [-0.4, -0.2) is 60.3 Å². The van der Waals surface area contributed by atoms with Crippen molar-refractivity contribution < 1.29 is 23.4 Å². The molecule has 2 aromatic carbocycles. The number of carbonyl (C=O) groups is 1. The van der Waals surface area contributed by atoms with Crippen LogP contribution in [0.15, 0.2) is 52.1 Å². The number of alkyl halides is 2. The third kappa shape index (κ3) is 5.34. The van der Waals surface area contributed by atoms with Gasteiger partial charge in [-0.2, -0.15) is 0 Å². The quantitative estimate of drug-likeness (QED) is 0.194. The van der Waals surface area contributed by atoms with E-state index in [9.17, 15) is 28.3 Å². The number of rotatable bonds is 8. The highest BCUT2D eigenvalue weighted by atomic mass is 35.5. The van der Waals surface area contributed by atoms with E-state index in [2.05, 4.69) is 20.2 Å². The van der Waals surface area contributed by atoms with Crippen LogP contribution in [0.25, 0.3) is 33.4 Å². The largest absolute Gasteiger partial charge is 0.481 e. The normalized spacial score (nSPS) is 20.7. The van der Waals surface area contributed by atoms with Gasteiger partial charge in [-0.05, 0) is 42.4 Å². The Balaban J connectivity index is 1.15. The number of fused-ring (bicyclic) bond motifs is 3. The van der Waals surface area contributed by atoms with Gasteiger partial charge in [0.25, 0.3) is 12.0 Å². The van der Waals surface area contributed by atoms with Gasteiger partial charge in [-0.15, -0.1) is 0 Å². The second-order valence-electron chi connectivity index (χ2n) is 13.4. The first-order chi connectivity index (χ1) is 24.9. The summed E-state index contributed by atoms with van der Waals surface area (Å²) in [5.41, 5.74) is 2.93. The summed E-state index contributed by atoms with van der Waals surface area (Å²) in [6, 6.07) is 12.6. The number of ether oxygens (including phenoxy) is 1. The molecule has 1 saturated heterocycles. The smallest absolute Gasteiger partial charge is 0.332 e. The lowest BCUT2D eigenvalue weighted by Gasteiger charge is -2.27. The van der Waals surface area contributed by atoms with Crippen molar-refractivity contribution in [1.82, 2.24) is 29.0 Å². The molecule has 2 N–H and O–H groups in total. The number of likely N-dealkylation sites (tertiary alicyclic amines) is 1. The van der Waals surface area contributed by atoms with Crippen molar-refractivity contribution in [3.8, 4) is 28.3 Å². The Bertz CT molecular complexity index is 2440. The highest BCUT2D eigenvalue weighted by Crippen LogP contribution is 2.55. The van der Waals surface area contributed by atoms with Crippen LogP contribution >= 0.6 is 23.2 Å². The number of halogens is 4. The monoisotopic (exact) mass is 749 g/mol. The number of hydrogen-bond donors (Lipinski definition) is 2. The lowest BCUT2D eigenvalue weighted by Crippen LogP contribution is -2.38. The first-order valence-corrected chi connectivity index (χ1v) is 17.3. The predicted octanol–water partition coefficient (Wildman–Crippen LogP) is 6.00. The first kappa shape index (κ1) is 34.2. The number of carboxylic acids is 1. The molecule has 3 aliphatic rings. The highest BCUT2D eigenvalue weighted by molar-refractivity contribution is 6.39. The van der Waals surface area contributed by atoms with Crippen LogP contribution in [0.1, 0.15) is 35.8 Å². The van der Waals surface area contributed by atoms with Crippen LogP contribution in [0, 0.1) is 17.8 Å². The SMILES string of the molecule is COc1nc(-c2cccc(-c3cccc(Nc4nc(C(F)F)nc5c4c(=O)n(C)c(=O)n5C)c3Cl)c2Cl)cc2c1[C@@H](N1C[C@@H]3C(C(=O)O)[C@@H]3C1)CC2. The van der Waals surface area contributed by atoms with Crippen molar-refractivity contribution in [3.63, 3.8) is 0 Å². The third-order valence-electron chi connectivity index (χ3n) is 10.6. The van der Waals surface area contributed by atoms with E-state index in [0.29, 0.717) is 33.3 Å². The molecule has 1 unspecified atom stereocenters. The minimum Gasteiger partial charge on any atom is -0.481 e. The maximum absolute atomic E-state index is 13.9. The Morgan fingerprint density at radius 2 is 1.65 bits per heavy atom. The number of nitrogens with one attached hydrogen (secondary N) is 1. The van der Waals surface area contributed by atoms with Gasteiger partial charge < -0.3 is 15.2 Å². The van der Waals surface area contributed by atoms with Gasteiger partial charge in [0.1, 0.15) is 11.2 Å². The molecular formula is C36H31Cl2F2N7O5. The third-order valence-corrected chi connectivity index (χ3v) is 11.4. The first-order valence-electron chi connectivity index (χ1n) is 16.5. The Hall–Kier alpha value is -4.92. The van der Waals surface area contributed by atoms with E-state index in [-0.39, 0.29) is 51.4 Å². The van der Waals surface area contributed by atoms with Crippen molar-refractivity contribution in [2.45, 2.75) is 25.3 Å². The topological polar surface area (TPSA) is 144 Å². The van der Waals surface area contributed by atoms with Gasteiger partial charge in [-0.1, -0.05) is 53.5 Å². The minimum atomic E-state index is -3.08. The van der Waals surface area contributed by atoms with Crippen molar-refractivity contribution in [1.29, 1.82) is 0 Å². The molecule has 2 fully saturated rings. The number of carboxylic acid groups (broad SMARTS) is 1. The fourth-order valence-electron chi connectivity index (χ4n) is 7.99. The summed E-state index contributed by atoms with van der Waals surface area (Å²) < 4.78 is 35.4. The maximum atomic E-state index is 13.9. The number of aromatic nitrogens is 5. The minimum absolute atomic E-state index is 0.0958. The summed E-state index contributed by atoms with van der Waals surface area (Å²) in [6.45, 7) is 1.49. The number of nitrogens with zero attached hydrogens (tertiary/aromatic N) is 6. The lowest BCUT2D eigenvalue weighted by molar-refractivity contribution is -0.139. The van der Waals surface area contributed by atoms with Gasteiger partial charge in [0.15, 0.2) is 11.5 Å². The van der Waals surface area contributed by atoms with E-state index in [4.69, 9.17) is 32.9 Å². The zero-order valence-corrected chi connectivity index (χ0v) is 29.5. The molecule has 1 saturated carbocycles. The zero-order chi connectivity index (χ0) is 36.7. The van der Waals surface area contributed by atoms with Gasteiger partial charge in [-0.25, -0.2) is 28.5 Å². The molecule has 0 radical (unpaired) electrons. The zero-order valence-electron chi connectivity index (χ0n) is 28.0. The molecular weight excluding hydrogens is 719 g/mol. The molecule has 4 atom stereocenters. The Labute approximate surface area is 304 Å². The molecule has 268 valence electrons. The van der Waals surface area contributed by atoms with Crippen molar-refractivity contribution in [2.75, 3.05) is 25.5 Å². The molecule has 4 heterocycles. The summed E-state index contributed by atoms with van der Waals surface area (Å²) in [5, 5.41) is 12.8. The Morgan fingerprint density at radius 3 is 2.33 bits per heavy atom. The van der Waals surface area contributed by atoms with E-state index in [1.165, 1.54) is 14.1 Å². The fraction of sp³-hybridized carbons (Fsp3) is 0.333. The van der Waals surface area contributed by atoms with E-state index in [1.807, 2.05) is 18.2 Å². The molecule has 1 aliphatic heterocycles.